The third kappa shape index (κ3) is 7.73. The number of nitrogen functional groups attached to an aromatic ring is 1. The molecule has 0 unspecified atom stereocenters. The van der Waals surface area contributed by atoms with E-state index in [-0.39, 0.29) is 12.5 Å². The summed E-state index contributed by atoms with van der Waals surface area (Å²) in [6.07, 6.45) is 0.855. The van der Waals surface area contributed by atoms with Gasteiger partial charge >= 0.3 is 0 Å². The lowest BCUT2D eigenvalue weighted by molar-refractivity contribution is -0.121. The number of rotatable bonds is 10. The number of nitrogens with one attached hydrogen (secondary N) is 1. The summed E-state index contributed by atoms with van der Waals surface area (Å²) in [5, 5.41) is 2.71. The molecule has 0 spiro atoms. The van der Waals surface area contributed by atoms with E-state index in [1.165, 1.54) is 0 Å². The molecule has 6 heteroatoms. The first-order valence-corrected chi connectivity index (χ1v) is 6.52. The summed E-state index contributed by atoms with van der Waals surface area (Å²) in [4.78, 5) is 11.5. The minimum absolute atomic E-state index is 0.00576. The van der Waals surface area contributed by atoms with Gasteiger partial charge in [-0.3, -0.25) is 4.79 Å². The van der Waals surface area contributed by atoms with Crippen LogP contribution in [0.2, 0.25) is 0 Å². The Kier molecular flexibility index (Phi) is 8.37. The molecule has 0 radical (unpaired) electrons. The van der Waals surface area contributed by atoms with Crippen LogP contribution in [-0.4, -0.2) is 46.1 Å². The van der Waals surface area contributed by atoms with Crippen LogP contribution in [0.3, 0.4) is 0 Å². The van der Waals surface area contributed by atoms with Crippen LogP contribution in [0, 0.1) is 0 Å². The zero-order valence-electron chi connectivity index (χ0n) is 11.8. The summed E-state index contributed by atoms with van der Waals surface area (Å²) in [6, 6.07) is 6.94. The fraction of sp³-hybridized carbons (Fsp3) is 0.500. The molecule has 1 aromatic carbocycles. The predicted molar refractivity (Wildman–Crippen MR) is 77.6 cm³/mol. The molecule has 0 aliphatic carbocycles. The van der Waals surface area contributed by atoms with Gasteiger partial charge < -0.3 is 25.3 Å². The van der Waals surface area contributed by atoms with E-state index in [1.54, 1.807) is 31.4 Å². The molecule has 3 N–H and O–H groups in total. The Labute approximate surface area is 119 Å². The lowest BCUT2D eigenvalue weighted by Crippen LogP contribution is -2.19. The van der Waals surface area contributed by atoms with Gasteiger partial charge in [0, 0.05) is 31.7 Å². The molecule has 0 fully saturated rings. The lowest BCUT2D eigenvalue weighted by Gasteiger charge is -2.07. The maximum Gasteiger partial charge on any atom is 0.250 e. The van der Waals surface area contributed by atoms with E-state index in [1.807, 2.05) is 0 Å². The second-order valence-corrected chi connectivity index (χ2v) is 4.18. The lowest BCUT2D eigenvalue weighted by atomic mass is 10.3. The van der Waals surface area contributed by atoms with Crippen LogP contribution in [0.4, 0.5) is 11.4 Å². The van der Waals surface area contributed by atoms with Gasteiger partial charge in [0.2, 0.25) is 5.91 Å². The van der Waals surface area contributed by atoms with Crippen LogP contribution in [0.25, 0.3) is 0 Å². The Morgan fingerprint density at radius 3 is 2.50 bits per heavy atom. The third-order valence-electron chi connectivity index (χ3n) is 2.44. The van der Waals surface area contributed by atoms with E-state index in [9.17, 15) is 4.79 Å². The maximum atomic E-state index is 11.5. The normalized spacial score (nSPS) is 10.4. The van der Waals surface area contributed by atoms with Crippen molar-refractivity contribution in [3.8, 4) is 0 Å². The van der Waals surface area contributed by atoms with Gasteiger partial charge in [-0.25, -0.2) is 0 Å². The van der Waals surface area contributed by atoms with Crippen LogP contribution in [0.15, 0.2) is 24.3 Å². The second-order valence-electron chi connectivity index (χ2n) is 4.18. The topological polar surface area (TPSA) is 82.8 Å². The van der Waals surface area contributed by atoms with Gasteiger partial charge in [-0.2, -0.15) is 0 Å². The first-order chi connectivity index (χ1) is 9.72. The highest BCUT2D eigenvalue weighted by Gasteiger charge is 2.02. The summed E-state index contributed by atoms with van der Waals surface area (Å²) in [6.45, 7) is 2.19. The number of amides is 1. The van der Waals surface area contributed by atoms with E-state index < -0.39 is 0 Å². The molecule has 20 heavy (non-hydrogen) atoms. The molecule has 1 aromatic rings. The largest absolute Gasteiger partial charge is 0.399 e. The van der Waals surface area contributed by atoms with E-state index in [0.717, 1.165) is 6.42 Å². The van der Waals surface area contributed by atoms with Crippen molar-refractivity contribution in [2.45, 2.75) is 6.42 Å². The Morgan fingerprint density at radius 1 is 1.10 bits per heavy atom. The van der Waals surface area contributed by atoms with Crippen LogP contribution in [0.5, 0.6) is 0 Å². The quantitative estimate of drug-likeness (QED) is 0.499. The average Bonchev–Trinajstić information content (AvgIpc) is 2.44. The highest BCUT2D eigenvalue weighted by molar-refractivity contribution is 5.91. The van der Waals surface area contributed by atoms with Crippen LogP contribution in [0.1, 0.15) is 6.42 Å². The fourth-order valence-electron chi connectivity index (χ4n) is 1.45. The number of nitrogens with two attached hydrogens (primary N) is 1. The number of carbonyl (C=O) groups excluding carboxylic acids is 1. The molecule has 6 nitrogen and oxygen atoms in total. The Morgan fingerprint density at radius 2 is 1.80 bits per heavy atom. The minimum atomic E-state index is -0.200. The summed E-state index contributed by atoms with van der Waals surface area (Å²) >= 11 is 0. The number of hydrogen-bond donors (Lipinski definition) is 2. The molecule has 0 aliphatic rings. The van der Waals surface area contributed by atoms with Crippen molar-refractivity contribution in [3.05, 3.63) is 24.3 Å². The van der Waals surface area contributed by atoms with Crippen molar-refractivity contribution in [2.24, 2.45) is 0 Å². The average molecular weight is 282 g/mol. The standard InChI is InChI=1S/C14H22N2O4/c1-18-7-2-8-19-9-10-20-11-14(17)16-13-5-3-12(15)4-6-13/h3-6H,2,7-11,15H2,1H3,(H,16,17). The monoisotopic (exact) mass is 282 g/mol. The Balaban J connectivity index is 2.01. The van der Waals surface area contributed by atoms with Gasteiger partial charge in [-0.15, -0.1) is 0 Å². The van der Waals surface area contributed by atoms with Crippen molar-refractivity contribution in [1.29, 1.82) is 0 Å². The number of carbonyl (C=O) groups is 1. The zero-order valence-corrected chi connectivity index (χ0v) is 11.8. The first kappa shape index (κ1) is 16.4. The first-order valence-electron chi connectivity index (χ1n) is 6.52. The molecule has 0 aliphatic heterocycles. The number of ether oxygens (including phenoxy) is 3. The van der Waals surface area contributed by atoms with Crippen molar-refractivity contribution in [2.75, 3.05) is 51.2 Å². The number of benzene rings is 1. The van der Waals surface area contributed by atoms with Gasteiger partial charge in [0.25, 0.3) is 0 Å². The fourth-order valence-corrected chi connectivity index (χ4v) is 1.45. The molecule has 0 atom stereocenters. The Bertz CT molecular complexity index is 381. The van der Waals surface area contributed by atoms with Crippen LogP contribution < -0.4 is 11.1 Å². The predicted octanol–water partition coefficient (Wildman–Crippen LogP) is 1.28. The zero-order chi connectivity index (χ0) is 14.6. The molecule has 0 saturated carbocycles. The van der Waals surface area contributed by atoms with Gasteiger partial charge in [0.15, 0.2) is 0 Å². The summed E-state index contributed by atoms with van der Waals surface area (Å²) in [7, 11) is 1.66. The van der Waals surface area contributed by atoms with Gasteiger partial charge in [0.05, 0.1) is 13.2 Å². The van der Waals surface area contributed by atoms with Crippen LogP contribution in [-0.2, 0) is 19.0 Å². The second kappa shape index (κ2) is 10.2. The maximum absolute atomic E-state index is 11.5. The van der Waals surface area contributed by atoms with Crippen LogP contribution >= 0.6 is 0 Å². The number of anilines is 2. The summed E-state index contributed by atoms with van der Waals surface area (Å²) in [5.41, 5.74) is 6.91. The van der Waals surface area contributed by atoms with Gasteiger partial charge in [0.1, 0.15) is 6.61 Å². The molecule has 0 bridgehead atoms. The summed E-state index contributed by atoms with van der Waals surface area (Å²) in [5.74, 6) is -0.200. The van der Waals surface area contributed by atoms with Gasteiger partial charge in [-0.1, -0.05) is 0 Å². The van der Waals surface area contributed by atoms with Gasteiger partial charge in [-0.05, 0) is 30.7 Å². The minimum Gasteiger partial charge on any atom is -0.399 e. The Hall–Kier alpha value is -1.63. The van der Waals surface area contributed by atoms with Crippen molar-refractivity contribution in [3.63, 3.8) is 0 Å². The van der Waals surface area contributed by atoms with Crippen molar-refractivity contribution >= 4 is 17.3 Å². The molecule has 112 valence electrons. The van der Waals surface area contributed by atoms with Crippen molar-refractivity contribution in [1.82, 2.24) is 0 Å². The molecule has 1 rings (SSSR count). The van der Waals surface area contributed by atoms with E-state index in [2.05, 4.69) is 5.32 Å². The van der Waals surface area contributed by atoms with E-state index in [4.69, 9.17) is 19.9 Å². The molecular formula is C14H22N2O4. The molecule has 0 saturated heterocycles. The number of hydrogen-bond acceptors (Lipinski definition) is 5. The molecular weight excluding hydrogens is 260 g/mol. The molecule has 1 amide bonds. The van der Waals surface area contributed by atoms with E-state index >= 15 is 0 Å². The van der Waals surface area contributed by atoms with E-state index in [0.29, 0.717) is 37.8 Å². The third-order valence-corrected chi connectivity index (χ3v) is 2.44. The SMILES string of the molecule is COCCCOCCOCC(=O)Nc1ccc(N)cc1. The van der Waals surface area contributed by atoms with Crippen molar-refractivity contribution < 1.29 is 19.0 Å². The molecule has 0 aromatic heterocycles. The highest BCUT2D eigenvalue weighted by atomic mass is 16.5. The summed E-state index contributed by atoms with van der Waals surface area (Å²) < 4.78 is 15.4. The highest BCUT2D eigenvalue weighted by Crippen LogP contribution is 2.09. The molecule has 0 heterocycles. The number of methoxy groups -OCH3 is 1. The smallest absolute Gasteiger partial charge is 0.250 e.